The molecule has 0 amide bonds. The van der Waals surface area contributed by atoms with E-state index in [1.165, 1.54) is 43.2 Å². The Morgan fingerprint density at radius 1 is 1.14 bits per heavy atom. The summed E-state index contributed by atoms with van der Waals surface area (Å²) in [5, 5.41) is 8.47. The molecule has 1 aliphatic carbocycles. The van der Waals surface area contributed by atoms with Gasteiger partial charge in [-0.25, -0.2) is 0 Å². The minimum atomic E-state index is 0.428. The zero-order valence-corrected chi connectivity index (χ0v) is 13.6. The van der Waals surface area contributed by atoms with E-state index in [4.69, 9.17) is 10.00 Å². The molecule has 1 aliphatic rings. The summed E-state index contributed by atoms with van der Waals surface area (Å²) < 4.78 is 6.08. The maximum absolute atomic E-state index is 8.47. The van der Waals surface area contributed by atoms with Crippen LogP contribution < -0.4 is 0 Å². The van der Waals surface area contributed by atoms with Gasteiger partial charge in [0.05, 0.1) is 18.8 Å². The van der Waals surface area contributed by atoms with Gasteiger partial charge >= 0.3 is 0 Å². The number of rotatable bonds is 7. The Kier molecular flexibility index (Phi) is 7.19. The Morgan fingerprint density at radius 2 is 1.82 bits per heavy atom. The third-order valence-corrected chi connectivity index (χ3v) is 4.64. The van der Waals surface area contributed by atoms with Crippen LogP contribution >= 0.6 is 0 Å². The van der Waals surface area contributed by atoms with Crippen molar-refractivity contribution in [2.75, 3.05) is 0 Å². The highest BCUT2D eigenvalue weighted by Gasteiger charge is 2.21. The van der Waals surface area contributed by atoms with E-state index in [2.05, 4.69) is 37.3 Å². The van der Waals surface area contributed by atoms with Gasteiger partial charge in [0.2, 0.25) is 0 Å². The molecule has 0 unspecified atom stereocenters. The normalized spacial score (nSPS) is 21.8. The molecule has 0 spiro atoms. The molecular formula is C20H27NO. The Labute approximate surface area is 134 Å². The largest absolute Gasteiger partial charge is 0.374 e. The molecule has 0 atom stereocenters. The molecule has 1 aromatic rings. The number of hydrogen-bond acceptors (Lipinski definition) is 2. The highest BCUT2D eigenvalue weighted by atomic mass is 16.5. The molecular weight excluding hydrogens is 270 g/mol. The van der Waals surface area contributed by atoms with Crippen LogP contribution in [0.25, 0.3) is 0 Å². The van der Waals surface area contributed by atoms with Gasteiger partial charge in [-0.1, -0.05) is 37.3 Å². The summed E-state index contributed by atoms with van der Waals surface area (Å²) in [6, 6.07) is 10.8. The van der Waals surface area contributed by atoms with Crippen molar-refractivity contribution in [3.63, 3.8) is 0 Å². The molecule has 0 aromatic heterocycles. The van der Waals surface area contributed by atoms with E-state index in [1.807, 2.05) is 6.08 Å². The highest BCUT2D eigenvalue weighted by Crippen LogP contribution is 2.30. The van der Waals surface area contributed by atoms with E-state index in [0.29, 0.717) is 6.10 Å². The van der Waals surface area contributed by atoms with Crippen LogP contribution in [0.4, 0.5) is 0 Å². The maximum Gasteiger partial charge on any atom is 0.0908 e. The number of hydrogen-bond donors (Lipinski definition) is 0. The fourth-order valence-electron chi connectivity index (χ4n) is 3.14. The molecule has 0 bridgehead atoms. The van der Waals surface area contributed by atoms with E-state index < -0.39 is 0 Å². The van der Waals surface area contributed by atoms with Gasteiger partial charge in [0, 0.05) is 6.08 Å². The summed E-state index contributed by atoms with van der Waals surface area (Å²) in [6.45, 7) is 2.92. The lowest BCUT2D eigenvalue weighted by atomic mass is 9.84. The van der Waals surface area contributed by atoms with Crippen molar-refractivity contribution in [3.8, 4) is 6.07 Å². The predicted molar refractivity (Wildman–Crippen MR) is 90.3 cm³/mol. The lowest BCUT2D eigenvalue weighted by Crippen LogP contribution is -2.21. The van der Waals surface area contributed by atoms with Crippen LogP contribution in [0.1, 0.15) is 56.6 Å². The van der Waals surface area contributed by atoms with Gasteiger partial charge < -0.3 is 4.74 Å². The Balaban J connectivity index is 1.64. The smallest absolute Gasteiger partial charge is 0.0908 e. The number of allylic oxidation sites excluding steroid dienone is 2. The fourth-order valence-corrected chi connectivity index (χ4v) is 3.14. The van der Waals surface area contributed by atoms with E-state index in [-0.39, 0.29) is 0 Å². The Hall–Kier alpha value is -1.59. The lowest BCUT2D eigenvalue weighted by molar-refractivity contribution is 0.00646. The van der Waals surface area contributed by atoms with Gasteiger partial charge in [0.1, 0.15) is 0 Å². The first kappa shape index (κ1) is 16.8. The topological polar surface area (TPSA) is 33.0 Å². The molecule has 118 valence electrons. The number of aryl methyl sites for hydroxylation is 1. The molecule has 1 aromatic carbocycles. The van der Waals surface area contributed by atoms with E-state index in [0.717, 1.165) is 25.4 Å². The van der Waals surface area contributed by atoms with Crippen LogP contribution in [0.3, 0.4) is 0 Å². The summed E-state index contributed by atoms with van der Waals surface area (Å²) in [5.74, 6) is 0.812. The first-order valence-corrected chi connectivity index (χ1v) is 8.56. The number of benzene rings is 1. The SMILES string of the molecule is CCc1ccc(CO[C@H]2CC[C@H](CC/C=C/C#N)CC2)cc1. The van der Waals surface area contributed by atoms with Gasteiger partial charge in [0.25, 0.3) is 0 Å². The fraction of sp³-hybridized carbons (Fsp3) is 0.550. The second-order valence-electron chi connectivity index (χ2n) is 6.23. The van der Waals surface area contributed by atoms with Gasteiger partial charge in [-0.05, 0) is 62.0 Å². The second-order valence-corrected chi connectivity index (χ2v) is 6.23. The number of ether oxygens (including phenoxy) is 1. The van der Waals surface area contributed by atoms with Crippen molar-refractivity contribution in [2.45, 2.75) is 64.6 Å². The molecule has 2 nitrogen and oxygen atoms in total. The maximum atomic E-state index is 8.47. The third-order valence-electron chi connectivity index (χ3n) is 4.64. The van der Waals surface area contributed by atoms with Crippen molar-refractivity contribution in [2.24, 2.45) is 5.92 Å². The van der Waals surface area contributed by atoms with E-state index >= 15 is 0 Å². The van der Waals surface area contributed by atoms with E-state index in [9.17, 15) is 0 Å². The molecule has 22 heavy (non-hydrogen) atoms. The molecule has 1 saturated carbocycles. The third kappa shape index (κ3) is 5.66. The van der Waals surface area contributed by atoms with Crippen LogP contribution in [-0.2, 0) is 17.8 Å². The quantitative estimate of drug-likeness (QED) is 0.649. The minimum absolute atomic E-state index is 0.428. The van der Waals surface area contributed by atoms with Crippen molar-refractivity contribution >= 4 is 0 Å². The van der Waals surface area contributed by atoms with Crippen molar-refractivity contribution in [3.05, 3.63) is 47.5 Å². The second kappa shape index (κ2) is 9.43. The van der Waals surface area contributed by atoms with Gasteiger partial charge in [-0.15, -0.1) is 0 Å². The van der Waals surface area contributed by atoms with Crippen LogP contribution in [0, 0.1) is 17.2 Å². The Morgan fingerprint density at radius 3 is 2.45 bits per heavy atom. The summed E-state index contributed by atoms with van der Waals surface area (Å²) >= 11 is 0. The average Bonchev–Trinajstić information content (AvgIpc) is 2.58. The summed E-state index contributed by atoms with van der Waals surface area (Å²) in [6.07, 6.45) is 12.2. The predicted octanol–water partition coefficient (Wildman–Crippen LogP) is 5.18. The number of nitriles is 1. The molecule has 0 N–H and O–H groups in total. The molecule has 2 heteroatoms. The van der Waals surface area contributed by atoms with Gasteiger partial charge in [-0.2, -0.15) is 5.26 Å². The molecule has 0 saturated heterocycles. The molecule has 2 rings (SSSR count). The molecule has 0 heterocycles. The first-order chi connectivity index (χ1) is 10.8. The zero-order chi connectivity index (χ0) is 15.6. The summed E-state index contributed by atoms with van der Waals surface area (Å²) in [5.41, 5.74) is 2.66. The molecule has 0 radical (unpaired) electrons. The van der Waals surface area contributed by atoms with Crippen LogP contribution in [-0.4, -0.2) is 6.10 Å². The van der Waals surface area contributed by atoms with Gasteiger partial charge in [-0.3, -0.25) is 0 Å². The number of nitrogens with zero attached hydrogens (tertiary/aromatic N) is 1. The standard InChI is InChI=1S/C20H27NO/c1-2-17-7-9-19(10-8-17)16-22-20-13-11-18(12-14-20)6-4-3-5-15-21/h3,5,7-10,18,20H,2,4,6,11-14,16H2,1H3/b5-3+/t18-,20-. The molecule has 0 aliphatic heterocycles. The summed E-state index contributed by atoms with van der Waals surface area (Å²) in [4.78, 5) is 0. The summed E-state index contributed by atoms with van der Waals surface area (Å²) in [7, 11) is 0. The molecule has 1 fully saturated rings. The van der Waals surface area contributed by atoms with Crippen LogP contribution in [0.2, 0.25) is 0 Å². The lowest BCUT2D eigenvalue weighted by Gasteiger charge is -2.28. The van der Waals surface area contributed by atoms with Crippen LogP contribution in [0.5, 0.6) is 0 Å². The van der Waals surface area contributed by atoms with Crippen LogP contribution in [0.15, 0.2) is 36.4 Å². The van der Waals surface area contributed by atoms with Gasteiger partial charge in [0.15, 0.2) is 0 Å². The Bertz CT molecular complexity index is 489. The minimum Gasteiger partial charge on any atom is -0.374 e. The highest BCUT2D eigenvalue weighted by molar-refractivity contribution is 5.21. The van der Waals surface area contributed by atoms with Crippen molar-refractivity contribution in [1.82, 2.24) is 0 Å². The average molecular weight is 297 g/mol. The van der Waals surface area contributed by atoms with Crippen molar-refractivity contribution < 1.29 is 4.74 Å². The first-order valence-electron chi connectivity index (χ1n) is 8.56. The van der Waals surface area contributed by atoms with Crippen molar-refractivity contribution in [1.29, 1.82) is 5.26 Å². The van der Waals surface area contributed by atoms with E-state index in [1.54, 1.807) is 6.08 Å². The monoisotopic (exact) mass is 297 g/mol. The zero-order valence-electron chi connectivity index (χ0n) is 13.6.